The molecule has 1 aromatic carbocycles. The second kappa shape index (κ2) is 6.11. The van der Waals surface area contributed by atoms with Gasteiger partial charge in [0.2, 0.25) is 11.7 Å². The van der Waals surface area contributed by atoms with Crippen LogP contribution in [-0.2, 0) is 18.3 Å². The van der Waals surface area contributed by atoms with Crippen LogP contribution in [0.15, 0.2) is 39.9 Å². The molecule has 0 spiro atoms. The Morgan fingerprint density at radius 1 is 1.19 bits per heavy atom. The van der Waals surface area contributed by atoms with Gasteiger partial charge in [-0.05, 0) is 32.9 Å². The maximum atomic E-state index is 12.8. The lowest BCUT2D eigenvalue weighted by Crippen LogP contribution is -2.35. The van der Waals surface area contributed by atoms with Crippen molar-refractivity contribution >= 4 is 0 Å². The Morgan fingerprint density at radius 3 is 2.54 bits per heavy atom. The second-order valence-electron chi connectivity index (χ2n) is 6.71. The molecular weight excluding hydrogens is 351 g/mol. The van der Waals surface area contributed by atoms with Gasteiger partial charge in [0.1, 0.15) is 12.9 Å². The number of aromatic nitrogens is 5. The van der Waals surface area contributed by atoms with Crippen molar-refractivity contribution < 1.29 is 17.7 Å². The summed E-state index contributed by atoms with van der Waals surface area (Å²) in [4.78, 5) is 16.4. The van der Waals surface area contributed by atoms with Crippen LogP contribution in [0, 0.1) is 0 Å². The minimum Gasteiger partial charge on any atom is -0.337 e. The highest BCUT2D eigenvalue weighted by Crippen LogP contribution is 2.31. The van der Waals surface area contributed by atoms with Crippen LogP contribution in [0.1, 0.15) is 32.2 Å². The van der Waals surface area contributed by atoms with Crippen LogP contribution in [0.5, 0.6) is 0 Å². The van der Waals surface area contributed by atoms with Crippen molar-refractivity contribution in [2.45, 2.75) is 39.0 Å². The molecular formula is C16H16F3N5O2. The molecule has 0 aliphatic heterocycles. The minimum atomic E-state index is -4.46. The van der Waals surface area contributed by atoms with E-state index in [1.165, 1.54) is 27.7 Å². The average Bonchev–Trinajstić information content (AvgIpc) is 3.14. The lowest BCUT2D eigenvalue weighted by molar-refractivity contribution is -0.137. The molecule has 0 radical (unpaired) electrons. The van der Waals surface area contributed by atoms with Gasteiger partial charge in [-0.1, -0.05) is 17.3 Å². The summed E-state index contributed by atoms with van der Waals surface area (Å²) >= 11 is 0. The number of hydrogen-bond acceptors (Lipinski definition) is 5. The molecule has 10 heteroatoms. The van der Waals surface area contributed by atoms with Crippen LogP contribution in [0.25, 0.3) is 11.4 Å². The molecule has 138 valence electrons. The minimum absolute atomic E-state index is 0.0161. The van der Waals surface area contributed by atoms with Crippen LogP contribution in [-0.4, -0.2) is 24.5 Å². The summed E-state index contributed by atoms with van der Waals surface area (Å²) in [6.07, 6.45) is -3.11. The zero-order chi connectivity index (χ0) is 19.1. The Balaban J connectivity index is 1.86. The first kappa shape index (κ1) is 17.9. The third-order valence-corrected chi connectivity index (χ3v) is 3.59. The number of hydrogen-bond donors (Lipinski definition) is 0. The first-order chi connectivity index (χ1) is 12.1. The van der Waals surface area contributed by atoms with Crippen molar-refractivity contribution in [2.24, 2.45) is 0 Å². The van der Waals surface area contributed by atoms with Crippen molar-refractivity contribution in [3.05, 3.63) is 52.5 Å². The van der Waals surface area contributed by atoms with Crippen LogP contribution >= 0.6 is 0 Å². The molecule has 0 amide bonds. The largest absolute Gasteiger partial charge is 0.416 e. The maximum absolute atomic E-state index is 12.8. The standard InChI is InChI=1S/C16H16F3N5O2/c1-15(2,3)24-14(25)23(9-20-24)8-12-21-13(22-26-12)10-5-4-6-11(7-10)16(17,18)19/h4-7,9H,8H2,1-3H3. The van der Waals surface area contributed by atoms with E-state index in [1.807, 2.05) is 20.8 Å². The molecule has 0 bridgehead atoms. The van der Waals surface area contributed by atoms with Gasteiger partial charge in [0.15, 0.2) is 0 Å². The Labute approximate surface area is 146 Å². The molecule has 3 aromatic rings. The van der Waals surface area contributed by atoms with Gasteiger partial charge in [0.25, 0.3) is 0 Å². The fourth-order valence-corrected chi connectivity index (χ4v) is 2.32. The van der Waals surface area contributed by atoms with E-state index >= 15 is 0 Å². The van der Waals surface area contributed by atoms with E-state index in [2.05, 4.69) is 15.2 Å². The SMILES string of the molecule is CC(C)(C)n1ncn(Cc2nc(-c3cccc(C(F)(F)F)c3)no2)c1=O. The number of benzene rings is 1. The van der Waals surface area contributed by atoms with Crippen LogP contribution in [0.3, 0.4) is 0 Å². The van der Waals surface area contributed by atoms with Crippen LogP contribution < -0.4 is 5.69 Å². The normalized spacial score (nSPS) is 12.5. The highest BCUT2D eigenvalue weighted by Gasteiger charge is 2.30. The van der Waals surface area contributed by atoms with Crippen molar-refractivity contribution in [1.29, 1.82) is 0 Å². The summed E-state index contributed by atoms with van der Waals surface area (Å²) in [5.41, 5.74) is -1.46. The lowest BCUT2D eigenvalue weighted by atomic mass is 10.1. The molecule has 3 rings (SSSR count). The molecule has 0 saturated heterocycles. The van der Waals surface area contributed by atoms with Crippen LogP contribution in [0.4, 0.5) is 13.2 Å². The van der Waals surface area contributed by atoms with Gasteiger partial charge in [-0.15, -0.1) is 0 Å². The first-order valence-corrected chi connectivity index (χ1v) is 7.71. The summed E-state index contributed by atoms with van der Waals surface area (Å²) in [5, 5.41) is 7.73. The van der Waals surface area contributed by atoms with Gasteiger partial charge in [0.05, 0.1) is 11.1 Å². The summed E-state index contributed by atoms with van der Waals surface area (Å²) in [7, 11) is 0. The molecule has 0 unspecified atom stereocenters. The molecule has 0 fully saturated rings. The van der Waals surface area contributed by atoms with E-state index in [-0.39, 0.29) is 29.5 Å². The zero-order valence-corrected chi connectivity index (χ0v) is 14.3. The quantitative estimate of drug-likeness (QED) is 0.711. The molecule has 26 heavy (non-hydrogen) atoms. The summed E-state index contributed by atoms with van der Waals surface area (Å²) < 4.78 is 46.1. The first-order valence-electron chi connectivity index (χ1n) is 7.71. The highest BCUT2D eigenvalue weighted by molar-refractivity contribution is 5.55. The van der Waals surface area contributed by atoms with E-state index in [0.717, 1.165) is 12.1 Å². The fraction of sp³-hybridized carbons (Fsp3) is 0.375. The fourth-order valence-electron chi connectivity index (χ4n) is 2.32. The maximum Gasteiger partial charge on any atom is 0.416 e. The summed E-state index contributed by atoms with van der Waals surface area (Å²) in [6.45, 7) is 5.49. The number of halogens is 3. The monoisotopic (exact) mass is 367 g/mol. The Morgan fingerprint density at radius 2 is 1.92 bits per heavy atom. The molecule has 2 aromatic heterocycles. The van der Waals surface area contributed by atoms with Gasteiger partial charge >= 0.3 is 11.9 Å². The summed E-state index contributed by atoms with van der Waals surface area (Å²) in [5.74, 6) is 0.107. The smallest absolute Gasteiger partial charge is 0.337 e. The van der Waals surface area contributed by atoms with Crippen LogP contribution in [0.2, 0.25) is 0 Å². The van der Waals surface area contributed by atoms with E-state index in [1.54, 1.807) is 0 Å². The number of alkyl halides is 3. The third-order valence-electron chi connectivity index (χ3n) is 3.59. The van der Waals surface area contributed by atoms with Gasteiger partial charge in [-0.2, -0.15) is 23.3 Å². The van der Waals surface area contributed by atoms with Crippen molar-refractivity contribution in [3.8, 4) is 11.4 Å². The van der Waals surface area contributed by atoms with E-state index in [4.69, 9.17) is 4.52 Å². The van der Waals surface area contributed by atoms with Gasteiger partial charge in [-0.25, -0.2) is 9.48 Å². The lowest BCUT2D eigenvalue weighted by Gasteiger charge is -2.16. The van der Waals surface area contributed by atoms with Crippen molar-refractivity contribution in [2.75, 3.05) is 0 Å². The predicted molar refractivity (Wildman–Crippen MR) is 85.3 cm³/mol. The third kappa shape index (κ3) is 3.53. The average molecular weight is 367 g/mol. The topological polar surface area (TPSA) is 78.7 Å². The molecule has 0 aliphatic carbocycles. The highest BCUT2D eigenvalue weighted by atomic mass is 19.4. The molecule has 7 nitrogen and oxygen atoms in total. The molecule has 0 N–H and O–H groups in total. The summed E-state index contributed by atoms with van der Waals surface area (Å²) in [6, 6.07) is 4.63. The predicted octanol–water partition coefficient (Wildman–Crippen LogP) is 2.92. The Bertz CT molecular complexity index is 979. The van der Waals surface area contributed by atoms with Gasteiger partial charge in [0, 0.05) is 5.56 Å². The van der Waals surface area contributed by atoms with E-state index in [0.29, 0.717) is 0 Å². The van der Waals surface area contributed by atoms with Crippen molar-refractivity contribution in [1.82, 2.24) is 24.5 Å². The molecule has 0 saturated carbocycles. The van der Waals surface area contributed by atoms with Gasteiger partial charge in [-0.3, -0.25) is 4.57 Å². The van der Waals surface area contributed by atoms with E-state index in [9.17, 15) is 18.0 Å². The Kier molecular flexibility index (Phi) is 4.21. The zero-order valence-electron chi connectivity index (χ0n) is 14.3. The van der Waals surface area contributed by atoms with Gasteiger partial charge < -0.3 is 4.52 Å². The number of nitrogens with zero attached hydrogens (tertiary/aromatic N) is 5. The molecule has 0 aliphatic rings. The van der Waals surface area contributed by atoms with E-state index < -0.39 is 17.3 Å². The molecule has 0 atom stereocenters. The Hall–Kier alpha value is -2.91. The second-order valence-corrected chi connectivity index (χ2v) is 6.71. The van der Waals surface area contributed by atoms with Crippen molar-refractivity contribution in [3.63, 3.8) is 0 Å². The number of rotatable bonds is 3. The molecule has 2 heterocycles.